The van der Waals surface area contributed by atoms with Gasteiger partial charge in [0.1, 0.15) is 5.82 Å². The average molecular weight is 349 g/mol. The van der Waals surface area contributed by atoms with Crippen LogP contribution in [0.15, 0.2) is 47.4 Å². The van der Waals surface area contributed by atoms with Crippen LogP contribution in [-0.2, 0) is 4.79 Å². The smallest absolute Gasteiger partial charge is 0.230 e. The Balaban J connectivity index is 1.90. The highest BCUT2D eigenvalue weighted by molar-refractivity contribution is 8.00. The summed E-state index contributed by atoms with van der Waals surface area (Å²) in [6.45, 7) is 1.87. The zero-order chi connectivity index (χ0) is 17.5. The predicted molar refractivity (Wildman–Crippen MR) is 93.2 cm³/mol. The van der Waals surface area contributed by atoms with Crippen LogP contribution in [0.2, 0.25) is 0 Å². The van der Waals surface area contributed by atoms with Gasteiger partial charge < -0.3 is 14.8 Å². The quantitative estimate of drug-likeness (QED) is 0.772. The number of benzene rings is 2. The Morgan fingerprint density at radius 2 is 1.79 bits per heavy atom. The number of thioether (sulfide) groups is 1. The second-order valence-electron chi connectivity index (χ2n) is 5.15. The summed E-state index contributed by atoms with van der Waals surface area (Å²) in [7, 11) is 3.15. The number of halogens is 1. The second-order valence-corrected chi connectivity index (χ2v) is 6.19. The van der Waals surface area contributed by atoms with Crippen LogP contribution < -0.4 is 14.8 Å². The van der Waals surface area contributed by atoms with Crippen molar-refractivity contribution in [1.82, 2.24) is 5.32 Å². The van der Waals surface area contributed by atoms with Gasteiger partial charge in [0, 0.05) is 4.90 Å². The van der Waals surface area contributed by atoms with E-state index in [1.807, 2.05) is 19.1 Å². The second kappa shape index (κ2) is 8.59. The number of nitrogens with one attached hydrogen (secondary N) is 1. The van der Waals surface area contributed by atoms with Crippen LogP contribution in [0, 0.1) is 5.82 Å². The number of rotatable bonds is 7. The number of methoxy groups -OCH3 is 2. The van der Waals surface area contributed by atoms with E-state index in [9.17, 15) is 9.18 Å². The van der Waals surface area contributed by atoms with Gasteiger partial charge in [-0.15, -0.1) is 11.8 Å². The molecule has 0 aliphatic heterocycles. The first kappa shape index (κ1) is 18.1. The maximum Gasteiger partial charge on any atom is 0.230 e. The molecule has 2 aromatic rings. The number of hydrogen-bond donors (Lipinski definition) is 1. The lowest BCUT2D eigenvalue weighted by Gasteiger charge is -2.14. The first-order chi connectivity index (χ1) is 11.5. The monoisotopic (exact) mass is 349 g/mol. The van der Waals surface area contributed by atoms with Gasteiger partial charge in [-0.2, -0.15) is 0 Å². The fourth-order valence-corrected chi connectivity index (χ4v) is 2.91. The SMILES string of the molecule is COc1ccc(SCC(=O)NC(C)c2ccc(F)cc2)cc1OC. The van der Waals surface area contributed by atoms with Gasteiger partial charge in [-0.3, -0.25) is 4.79 Å². The molecule has 0 aliphatic carbocycles. The largest absolute Gasteiger partial charge is 0.493 e. The highest BCUT2D eigenvalue weighted by Gasteiger charge is 2.11. The third-order valence-corrected chi connectivity index (χ3v) is 4.47. The number of ether oxygens (including phenoxy) is 2. The van der Waals surface area contributed by atoms with Crippen molar-refractivity contribution in [3.05, 3.63) is 53.8 Å². The van der Waals surface area contributed by atoms with E-state index in [0.29, 0.717) is 11.5 Å². The summed E-state index contributed by atoms with van der Waals surface area (Å²) >= 11 is 1.41. The summed E-state index contributed by atoms with van der Waals surface area (Å²) in [5.74, 6) is 1.17. The minimum atomic E-state index is -0.290. The van der Waals surface area contributed by atoms with Gasteiger partial charge in [0.05, 0.1) is 26.0 Å². The highest BCUT2D eigenvalue weighted by atomic mass is 32.2. The molecule has 128 valence electrons. The Bertz CT molecular complexity index is 691. The van der Waals surface area contributed by atoms with Crippen molar-refractivity contribution in [1.29, 1.82) is 0 Å². The van der Waals surface area contributed by atoms with Crippen LogP contribution in [0.25, 0.3) is 0 Å². The molecule has 2 rings (SSSR count). The van der Waals surface area contributed by atoms with Crippen molar-refractivity contribution in [3.63, 3.8) is 0 Å². The van der Waals surface area contributed by atoms with Gasteiger partial charge in [0.25, 0.3) is 0 Å². The van der Waals surface area contributed by atoms with Crippen LogP contribution in [-0.4, -0.2) is 25.9 Å². The summed E-state index contributed by atoms with van der Waals surface area (Å²) in [5, 5.41) is 2.90. The van der Waals surface area contributed by atoms with Crippen LogP contribution in [0.3, 0.4) is 0 Å². The zero-order valence-electron chi connectivity index (χ0n) is 13.8. The van der Waals surface area contributed by atoms with E-state index in [-0.39, 0.29) is 23.5 Å². The molecule has 2 aromatic carbocycles. The Hall–Kier alpha value is -2.21. The van der Waals surface area contributed by atoms with Crippen LogP contribution in [0.1, 0.15) is 18.5 Å². The summed E-state index contributed by atoms with van der Waals surface area (Å²) in [6.07, 6.45) is 0. The van der Waals surface area contributed by atoms with Crippen molar-refractivity contribution >= 4 is 17.7 Å². The molecule has 0 saturated carbocycles. The molecule has 0 heterocycles. The first-order valence-electron chi connectivity index (χ1n) is 7.43. The van der Waals surface area contributed by atoms with Crippen LogP contribution >= 0.6 is 11.8 Å². The van der Waals surface area contributed by atoms with Gasteiger partial charge in [0.2, 0.25) is 5.91 Å². The third kappa shape index (κ3) is 4.89. The van der Waals surface area contributed by atoms with Crippen LogP contribution in [0.5, 0.6) is 11.5 Å². The zero-order valence-corrected chi connectivity index (χ0v) is 14.7. The van der Waals surface area contributed by atoms with Crippen molar-refractivity contribution in [3.8, 4) is 11.5 Å². The Morgan fingerprint density at radius 3 is 2.42 bits per heavy atom. The molecule has 1 N–H and O–H groups in total. The van der Waals surface area contributed by atoms with Gasteiger partial charge in [-0.1, -0.05) is 12.1 Å². The Morgan fingerprint density at radius 1 is 1.12 bits per heavy atom. The predicted octanol–water partition coefficient (Wildman–Crippen LogP) is 3.81. The van der Waals surface area contributed by atoms with Gasteiger partial charge in [0.15, 0.2) is 11.5 Å². The third-order valence-electron chi connectivity index (χ3n) is 3.47. The minimum absolute atomic E-state index is 0.0911. The number of carbonyl (C=O) groups is 1. The summed E-state index contributed by atoms with van der Waals surface area (Å²) in [5.41, 5.74) is 0.862. The number of hydrogen-bond acceptors (Lipinski definition) is 4. The lowest BCUT2D eigenvalue weighted by atomic mass is 10.1. The van der Waals surface area contributed by atoms with E-state index in [1.54, 1.807) is 32.4 Å². The lowest BCUT2D eigenvalue weighted by molar-refractivity contribution is -0.119. The molecule has 0 aromatic heterocycles. The molecule has 1 amide bonds. The maximum atomic E-state index is 12.9. The topological polar surface area (TPSA) is 47.6 Å². The van der Waals surface area contributed by atoms with Gasteiger partial charge in [-0.25, -0.2) is 4.39 Å². The standard InChI is InChI=1S/C18H20FNO3S/c1-12(13-4-6-14(19)7-5-13)20-18(21)11-24-15-8-9-16(22-2)17(10-15)23-3/h4-10,12H,11H2,1-3H3,(H,20,21). The summed E-state index contributed by atoms with van der Waals surface area (Å²) < 4.78 is 23.4. The number of amides is 1. The molecule has 24 heavy (non-hydrogen) atoms. The molecule has 1 atom stereocenters. The van der Waals surface area contributed by atoms with E-state index in [2.05, 4.69) is 5.32 Å². The van der Waals surface area contributed by atoms with Gasteiger partial charge in [-0.05, 0) is 42.8 Å². The minimum Gasteiger partial charge on any atom is -0.493 e. The van der Waals surface area contributed by atoms with Crippen molar-refractivity contribution in [2.45, 2.75) is 17.9 Å². The molecular weight excluding hydrogens is 329 g/mol. The molecule has 0 spiro atoms. The van der Waals surface area contributed by atoms with Crippen molar-refractivity contribution < 1.29 is 18.7 Å². The fraction of sp³-hybridized carbons (Fsp3) is 0.278. The van der Waals surface area contributed by atoms with E-state index in [1.165, 1.54) is 23.9 Å². The normalized spacial score (nSPS) is 11.7. The van der Waals surface area contributed by atoms with E-state index in [0.717, 1.165) is 10.5 Å². The molecule has 0 fully saturated rings. The maximum absolute atomic E-state index is 12.9. The van der Waals surface area contributed by atoms with E-state index >= 15 is 0 Å². The molecule has 0 saturated heterocycles. The molecule has 6 heteroatoms. The highest BCUT2D eigenvalue weighted by Crippen LogP contribution is 2.31. The molecular formula is C18H20FNO3S. The Labute approximate surface area is 145 Å². The van der Waals surface area contributed by atoms with Crippen LogP contribution in [0.4, 0.5) is 4.39 Å². The van der Waals surface area contributed by atoms with Crippen molar-refractivity contribution in [2.24, 2.45) is 0 Å². The van der Waals surface area contributed by atoms with Gasteiger partial charge >= 0.3 is 0 Å². The summed E-state index contributed by atoms with van der Waals surface area (Å²) in [4.78, 5) is 13.0. The average Bonchev–Trinajstić information content (AvgIpc) is 2.60. The van der Waals surface area contributed by atoms with E-state index < -0.39 is 0 Å². The molecule has 0 bridgehead atoms. The van der Waals surface area contributed by atoms with Crippen molar-refractivity contribution in [2.75, 3.05) is 20.0 Å². The Kier molecular flexibility index (Phi) is 6.49. The molecule has 1 unspecified atom stereocenters. The fourth-order valence-electron chi connectivity index (χ4n) is 2.17. The number of carbonyl (C=O) groups excluding carboxylic acids is 1. The molecule has 4 nitrogen and oxygen atoms in total. The lowest BCUT2D eigenvalue weighted by Crippen LogP contribution is -2.28. The summed E-state index contributed by atoms with van der Waals surface area (Å²) in [6, 6.07) is 11.4. The van der Waals surface area contributed by atoms with E-state index in [4.69, 9.17) is 9.47 Å². The molecule has 0 radical (unpaired) electrons. The molecule has 0 aliphatic rings. The first-order valence-corrected chi connectivity index (χ1v) is 8.41.